The Morgan fingerprint density at radius 1 is 1.18 bits per heavy atom. The number of carbonyl (C=O) groups excluding carboxylic acids is 4. The fraction of sp³-hybridized carbons (Fsp3) is 0.286. The van der Waals surface area contributed by atoms with Crippen LogP contribution in [0.3, 0.4) is 0 Å². The topological polar surface area (TPSA) is 110 Å². The summed E-state index contributed by atoms with van der Waals surface area (Å²) in [5.41, 5.74) is 4.15. The molecule has 0 bridgehead atoms. The van der Waals surface area contributed by atoms with Crippen LogP contribution >= 0.6 is 0 Å². The summed E-state index contributed by atoms with van der Waals surface area (Å²) in [6, 6.07) is 4.49. The summed E-state index contributed by atoms with van der Waals surface area (Å²) in [5, 5.41) is 2.11. The summed E-state index contributed by atoms with van der Waals surface area (Å²) in [6.45, 7) is 0. The Kier molecular flexibility index (Phi) is 3.05. The number of rotatable bonds is 1. The van der Waals surface area contributed by atoms with E-state index >= 15 is 0 Å². The second kappa shape index (κ2) is 4.69. The van der Waals surface area contributed by atoms with E-state index in [4.69, 9.17) is 13.6 Å². The molecule has 1 aromatic carbocycles. The van der Waals surface area contributed by atoms with Crippen LogP contribution in [0.5, 0.6) is 0 Å². The second-order valence-electron chi connectivity index (χ2n) is 5.37. The summed E-state index contributed by atoms with van der Waals surface area (Å²) in [7, 11) is 6.06. The Morgan fingerprint density at radius 3 is 2.59 bits per heavy atom. The number of benzene rings is 1. The summed E-state index contributed by atoms with van der Waals surface area (Å²) in [5.74, 6) is -2.74. The lowest BCUT2D eigenvalue weighted by molar-refractivity contribution is -0.132. The SMILES string of the molecule is [B][C@@]1(N2C(=O)c3cccc(N)c3C2=O)CCCC(=O)NC1=O. The van der Waals surface area contributed by atoms with Gasteiger partial charge in [-0.05, 0) is 25.0 Å². The van der Waals surface area contributed by atoms with E-state index in [0.717, 1.165) is 0 Å². The van der Waals surface area contributed by atoms with E-state index in [1.165, 1.54) is 12.1 Å². The van der Waals surface area contributed by atoms with Gasteiger partial charge in [0.25, 0.3) is 11.8 Å². The van der Waals surface area contributed by atoms with Gasteiger partial charge in [-0.1, -0.05) is 6.07 Å². The van der Waals surface area contributed by atoms with Crippen molar-refractivity contribution in [2.45, 2.75) is 24.7 Å². The Hall–Kier alpha value is -2.64. The van der Waals surface area contributed by atoms with Gasteiger partial charge < -0.3 is 5.73 Å². The van der Waals surface area contributed by atoms with Gasteiger partial charge in [0.15, 0.2) is 0 Å². The molecule has 8 heteroatoms. The number of nitrogen functional groups attached to an aromatic ring is 1. The molecule has 4 amide bonds. The van der Waals surface area contributed by atoms with Crippen LogP contribution in [-0.2, 0) is 9.59 Å². The zero-order valence-corrected chi connectivity index (χ0v) is 11.6. The van der Waals surface area contributed by atoms with Crippen molar-refractivity contribution in [3.8, 4) is 0 Å². The van der Waals surface area contributed by atoms with Crippen molar-refractivity contribution < 1.29 is 19.2 Å². The van der Waals surface area contributed by atoms with Gasteiger partial charge in [0.05, 0.1) is 16.6 Å². The van der Waals surface area contributed by atoms with Crippen LogP contribution in [0.2, 0.25) is 0 Å². The number of nitrogens with zero attached hydrogens (tertiary/aromatic N) is 1. The van der Waals surface area contributed by atoms with Crippen molar-refractivity contribution in [1.82, 2.24) is 10.2 Å². The highest BCUT2D eigenvalue weighted by Gasteiger charge is 2.51. The van der Waals surface area contributed by atoms with Crippen LogP contribution in [0.25, 0.3) is 0 Å². The van der Waals surface area contributed by atoms with Crippen molar-refractivity contribution >= 4 is 37.2 Å². The summed E-state index contributed by atoms with van der Waals surface area (Å²) >= 11 is 0. The monoisotopic (exact) mass is 297 g/mol. The van der Waals surface area contributed by atoms with Crippen molar-refractivity contribution in [2.24, 2.45) is 0 Å². The average molecular weight is 297 g/mol. The number of carbonyl (C=O) groups is 4. The number of nitrogens with one attached hydrogen (secondary N) is 1. The lowest BCUT2D eigenvalue weighted by Gasteiger charge is -2.35. The van der Waals surface area contributed by atoms with E-state index in [-0.39, 0.29) is 36.1 Å². The molecule has 2 aliphatic rings. The Balaban J connectivity index is 2.08. The number of fused-ring (bicyclic) bond motifs is 1. The van der Waals surface area contributed by atoms with Crippen LogP contribution in [-0.4, -0.2) is 41.8 Å². The number of anilines is 1. The van der Waals surface area contributed by atoms with Gasteiger partial charge in [-0.25, -0.2) is 0 Å². The molecule has 1 aromatic rings. The highest BCUT2D eigenvalue weighted by molar-refractivity contribution is 6.37. The van der Waals surface area contributed by atoms with E-state index in [0.29, 0.717) is 4.90 Å². The number of imide groups is 2. The number of hydrogen-bond donors (Lipinski definition) is 2. The van der Waals surface area contributed by atoms with Gasteiger partial charge in [-0.3, -0.25) is 29.4 Å². The molecule has 22 heavy (non-hydrogen) atoms. The van der Waals surface area contributed by atoms with Crippen molar-refractivity contribution in [2.75, 3.05) is 5.73 Å². The van der Waals surface area contributed by atoms with E-state index in [1.54, 1.807) is 6.07 Å². The maximum atomic E-state index is 12.6. The summed E-state index contributed by atoms with van der Waals surface area (Å²) < 4.78 is 0. The van der Waals surface area contributed by atoms with E-state index in [9.17, 15) is 19.2 Å². The van der Waals surface area contributed by atoms with Crippen molar-refractivity contribution in [1.29, 1.82) is 0 Å². The van der Waals surface area contributed by atoms with Crippen LogP contribution in [0.4, 0.5) is 5.69 Å². The molecular weight excluding hydrogens is 285 g/mol. The van der Waals surface area contributed by atoms with Crippen molar-refractivity contribution in [3.05, 3.63) is 29.3 Å². The average Bonchev–Trinajstić information content (AvgIpc) is 2.63. The first-order valence-electron chi connectivity index (χ1n) is 6.77. The molecule has 110 valence electrons. The van der Waals surface area contributed by atoms with Gasteiger partial charge in [-0.2, -0.15) is 0 Å². The maximum absolute atomic E-state index is 12.6. The molecule has 7 nitrogen and oxygen atoms in total. The highest BCUT2D eigenvalue weighted by Crippen LogP contribution is 2.34. The predicted molar refractivity (Wildman–Crippen MR) is 76.8 cm³/mol. The number of hydrogen-bond acceptors (Lipinski definition) is 5. The minimum absolute atomic E-state index is 0.00987. The fourth-order valence-corrected chi connectivity index (χ4v) is 2.82. The smallest absolute Gasteiger partial charge is 0.263 e. The van der Waals surface area contributed by atoms with E-state index < -0.39 is 29.1 Å². The van der Waals surface area contributed by atoms with Crippen LogP contribution in [0.1, 0.15) is 40.0 Å². The van der Waals surface area contributed by atoms with Crippen molar-refractivity contribution in [3.63, 3.8) is 0 Å². The normalized spacial score (nSPS) is 25.0. The molecule has 2 heterocycles. The molecule has 0 unspecified atom stereocenters. The van der Waals surface area contributed by atoms with Crippen LogP contribution in [0.15, 0.2) is 18.2 Å². The zero-order chi connectivity index (χ0) is 16.1. The lowest BCUT2D eigenvalue weighted by atomic mass is 9.72. The fourth-order valence-electron chi connectivity index (χ4n) is 2.82. The molecule has 0 saturated carbocycles. The molecule has 0 aromatic heterocycles. The molecule has 0 aliphatic carbocycles. The maximum Gasteiger partial charge on any atom is 0.263 e. The van der Waals surface area contributed by atoms with Gasteiger partial charge in [0.1, 0.15) is 7.85 Å². The Bertz CT molecular complexity index is 733. The highest BCUT2D eigenvalue weighted by atomic mass is 16.2. The zero-order valence-electron chi connectivity index (χ0n) is 11.6. The molecular formula is C14H12BN3O4. The first kappa shape index (κ1) is 14.3. The standard InChI is InChI=1S/C14H12BN3O4/c15-14(6-2-5-9(19)17-13(14)22)18-11(20)7-3-1-4-8(16)10(7)12(18)21/h1,3-4H,2,5-6,16H2,(H,17,19,22)/t14-/m1/s1. The molecule has 1 fully saturated rings. The molecule has 0 spiro atoms. The Morgan fingerprint density at radius 2 is 1.91 bits per heavy atom. The Labute approximate surface area is 127 Å². The van der Waals surface area contributed by atoms with Gasteiger partial charge in [0.2, 0.25) is 11.8 Å². The predicted octanol–water partition coefficient (Wildman–Crippen LogP) is -0.444. The molecule has 1 saturated heterocycles. The first-order valence-corrected chi connectivity index (χ1v) is 6.77. The number of amides is 4. The second-order valence-corrected chi connectivity index (χ2v) is 5.37. The van der Waals surface area contributed by atoms with Gasteiger partial charge in [-0.15, -0.1) is 0 Å². The third-order valence-electron chi connectivity index (χ3n) is 3.95. The first-order chi connectivity index (χ1) is 10.4. The lowest BCUT2D eigenvalue weighted by Crippen LogP contribution is -2.61. The quantitative estimate of drug-likeness (QED) is 0.415. The minimum atomic E-state index is -1.90. The number of nitrogens with two attached hydrogens (primary N) is 1. The van der Waals surface area contributed by atoms with Gasteiger partial charge in [0, 0.05) is 12.1 Å². The third kappa shape index (κ3) is 1.83. The molecule has 2 radical (unpaired) electrons. The summed E-state index contributed by atoms with van der Waals surface area (Å²) in [6.07, 6.45) is 0.406. The molecule has 3 N–H and O–H groups in total. The van der Waals surface area contributed by atoms with E-state index in [2.05, 4.69) is 5.32 Å². The molecule has 3 rings (SSSR count). The molecule has 2 aliphatic heterocycles. The summed E-state index contributed by atoms with van der Waals surface area (Å²) in [4.78, 5) is 49.4. The van der Waals surface area contributed by atoms with Crippen LogP contribution in [0, 0.1) is 0 Å². The largest absolute Gasteiger partial charge is 0.398 e. The molecule has 1 atom stereocenters. The third-order valence-corrected chi connectivity index (χ3v) is 3.95. The van der Waals surface area contributed by atoms with Crippen LogP contribution < -0.4 is 11.1 Å². The van der Waals surface area contributed by atoms with Gasteiger partial charge >= 0.3 is 0 Å². The minimum Gasteiger partial charge on any atom is -0.398 e. The van der Waals surface area contributed by atoms with E-state index in [1.807, 2.05) is 0 Å².